The Labute approximate surface area is 122 Å². The van der Waals surface area contributed by atoms with E-state index in [1.54, 1.807) is 0 Å². The molecule has 0 aliphatic carbocycles. The van der Waals surface area contributed by atoms with Crippen LogP contribution in [0.2, 0.25) is 0 Å². The molecule has 4 heteroatoms. The number of alkyl halides is 2. The van der Waals surface area contributed by atoms with E-state index < -0.39 is 0 Å². The van der Waals surface area contributed by atoms with Crippen LogP contribution in [0, 0.1) is 0 Å². The fraction of sp³-hybridized carbons (Fsp3) is 0.500. The van der Waals surface area contributed by atoms with Gasteiger partial charge in [0.1, 0.15) is 5.75 Å². The highest BCUT2D eigenvalue weighted by molar-refractivity contribution is 9.12. The number of halogens is 3. The van der Waals surface area contributed by atoms with Crippen molar-refractivity contribution in [1.29, 1.82) is 0 Å². The standard InChI is InChI=1S/C12H15Br3O/c1-3-16-12-6-4-5-10(14)9(12)7-11(15)8(2)13/h4-6,8,11H,3,7H2,1-2H3. The van der Waals surface area contributed by atoms with Crippen LogP contribution in [0.4, 0.5) is 0 Å². The zero-order chi connectivity index (χ0) is 12.1. The van der Waals surface area contributed by atoms with E-state index in [0.717, 1.165) is 16.6 Å². The summed E-state index contributed by atoms with van der Waals surface area (Å²) in [6.07, 6.45) is 0.934. The molecule has 0 radical (unpaired) electrons. The van der Waals surface area contributed by atoms with Gasteiger partial charge in [-0.2, -0.15) is 0 Å². The molecule has 2 atom stereocenters. The Morgan fingerprint density at radius 3 is 2.56 bits per heavy atom. The highest BCUT2D eigenvalue weighted by atomic mass is 79.9. The zero-order valence-electron chi connectivity index (χ0n) is 9.34. The molecule has 2 unspecified atom stereocenters. The number of ether oxygens (including phenoxy) is 1. The van der Waals surface area contributed by atoms with Gasteiger partial charge < -0.3 is 4.74 Å². The van der Waals surface area contributed by atoms with E-state index in [2.05, 4.69) is 60.8 Å². The van der Waals surface area contributed by atoms with E-state index in [1.807, 2.05) is 19.1 Å². The number of hydrogen-bond acceptors (Lipinski definition) is 1. The smallest absolute Gasteiger partial charge is 0.123 e. The molecule has 0 aliphatic heterocycles. The molecule has 0 spiro atoms. The van der Waals surface area contributed by atoms with E-state index in [9.17, 15) is 0 Å². The Kier molecular flexibility index (Phi) is 6.37. The predicted molar refractivity (Wildman–Crippen MR) is 80.1 cm³/mol. The Balaban J connectivity index is 2.91. The molecule has 1 nitrogen and oxygen atoms in total. The first-order chi connectivity index (χ1) is 7.56. The summed E-state index contributed by atoms with van der Waals surface area (Å²) in [5.74, 6) is 0.967. The Bertz CT molecular complexity index is 339. The molecule has 0 saturated carbocycles. The second-order valence-electron chi connectivity index (χ2n) is 3.55. The van der Waals surface area contributed by atoms with Crippen LogP contribution in [0.15, 0.2) is 22.7 Å². The van der Waals surface area contributed by atoms with E-state index in [-0.39, 0.29) is 0 Å². The minimum atomic E-state index is 0.394. The van der Waals surface area contributed by atoms with Gasteiger partial charge in [0, 0.05) is 19.7 Å². The molecule has 16 heavy (non-hydrogen) atoms. The van der Waals surface area contributed by atoms with Gasteiger partial charge in [0.25, 0.3) is 0 Å². The van der Waals surface area contributed by atoms with Gasteiger partial charge in [-0.15, -0.1) is 0 Å². The molecule has 90 valence electrons. The summed E-state index contributed by atoms with van der Waals surface area (Å²) in [5, 5.41) is 0. The monoisotopic (exact) mass is 412 g/mol. The van der Waals surface area contributed by atoms with Crippen molar-refractivity contribution < 1.29 is 4.74 Å². The summed E-state index contributed by atoms with van der Waals surface area (Å²) in [5.41, 5.74) is 1.22. The second kappa shape index (κ2) is 7.02. The van der Waals surface area contributed by atoms with Crippen molar-refractivity contribution in [3.8, 4) is 5.75 Å². The third-order valence-corrected chi connectivity index (χ3v) is 5.48. The molecular formula is C12H15Br3O. The van der Waals surface area contributed by atoms with Crippen molar-refractivity contribution >= 4 is 47.8 Å². The highest BCUT2D eigenvalue weighted by Gasteiger charge is 2.16. The van der Waals surface area contributed by atoms with Gasteiger partial charge in [0.2, 0.25) is 0 Å². The van der Waals surface area contributed by atoms with Gasteiger partial charge in [0.05, 0.1) is 6.61 Å². The number of benzene rings is 1. The molecule has 1 rings (SSSR count). The molecule has 1 aromatic rings. The van der Waals surface area contributed by atoms with Gasteiger partial charge in [0.15, 0.2) is 0 Å². The van der Waals surface area contributed by atoms with Crippen LogP contribution in [-0.4, -0.2) is 16.3 Å². The summed E-state index contributed by atoms with van der Waals surface area (Å²) in [7, 11) is 0. The third kappa shape index (κ3) is 4.04. The van der Waals surface area contributed by atoms with E-state index >= 15 is 0 Å². The predicted octanol–water partition coefficient (Wildman–Crippen LogP) is 4.94. The second-order valence-corrected chi connectivity index (χ2v) is 7.02. The van der Waals surface area contributed by atoms with Crippen LogP contribution in [0.3, 0.4) is 0 Å². The lowest BCUT2D eigenvalue weighted by molar-refractivity contribution is 0.336. The molecule has 0 amide bonds. The fourth-order valence-corrected chi connectivity index (χ4v) is 2.41. The van der Waals surface area contributed by atoms with Crippen molar-refractivity contribution in [2.45, 2.75) is 29.9 Å². The van der Waals surface area contributed by atoms with Crippen LogP contribution < -0.4 is 4.74 Å². The summed E-state index contributed by atoms with van der Waals surface area (Å²) in [6.45, 7) is 4.83. The molecular weight excluding hydrogens is 400 g/mol. The van der Waals surface area contributed by atoms with Crippen LogP contribution in [0.25, 0.3) is 0 Å². The van der Waals surface area contributed by atoms with Crippen molar-refractivity contribution in [2.24, 2.45) is 0 Å². The molecule has 0 aromatic heterocycles. The molecule has 0 heterocycles. The number of rotatable bonds is 5. The molecule has 0 fully saturated rings. The molecule has 0 aliphatic rings. The fourth-order valence-electron chi connectivity index (χ4n) is 1.39. The lowest BCUT2D eigenvalue weighted by atomic mass is 10.1. The third-order valence-electron chi connectivity index (χ3n) is 2.27. The van der Waals surface area contributed by atoms with Crippen molar-refractivity contribution in [2.75, 3.05) is 6.61 Å². The maximum Gasteiger partial charge on any atom is 0.123 e. The first kappa shape index (κ1) is 14.5. The van der Waals surface area contributed by atoms with Gasteiger partial charge in [-0.05, 0) is 25.5 Å². The van der Waals surface area contributed by atoms with Crippen LogP contribution in [-0.2, 0) is 6.42 Å². The molecule has 0 N–H and O–H groups in total. The largest absolute Gasteiger partial charge is 0.494 e. The Morgan fingerprint density at radius 2 is 2.00 bits per heavy atom. The lowest BCUT2D eigenvalue weighted by Crippen LogP contribution is -2.14. The average molecular weight is 415 g/mol. The quantitative estimate of drug-likeness (QED) is 0.620. The van der Waals surface area contributed by atoms with E-state index in [4.69, 9.17) is 4.74 Å². The minimum Gasteiger partial charge on any atom is -0.494 e. The van der Waals surface area contributed by atoms with Crippen LogP contribution in [0.5, 0.6) is 5.75 Å². The van der Waals surface area contributed by atoms with Crippen LogP contribution >= 0.6 is 47.8 Å². The van der Waals surface area contributed by atoms with E-state index in [0.29, 0.717) is 16.3 Å². The summed E-state index contributed by atoms with van der Waals surface area (Å²) >= 11 is 10.8. The highest BCUT2D eigenvalue weighted by Crippen LogP contribution is 2.31. The van der Waals surface area contributed by atoms with Crippen LogP contribution in [0.1, 0.15) is 19.4 Å². The summed E-state index contributed by atoms with van der Waals surface area (Å²) < 4.78 is 6.74. The number of hydrogen-bond donors (Lipinski definition) is 0. The maximum atomic E-state index is 5.63. The van der Waals surface area contributed by atoms with Gasteiger partial charge in [-0.1, -0.05) is 60.8 Å². The van der Waals surface area contributed by atoms with Crippen molar-refractivity contribution in [3.05, 3.63) is 28.2 Å². The van der Waals surface area contributed by atoms with Crippen molar-refractivity contribution in [3.63, 3.8) is 0 Å². The molecule has 1 aromatic carbocycles. The molecule has 0 bridgehead atoms. The topological polar surface area (TPSA) is 9.23 Å². The first-order valence-corrected chi connectivity index (χ1v) is 7.87. The van der Waals surface area contributed by atoms with Crippen molar-refractivity contribution in [1.82, 2.24) is 0 Å². The SMILES string of the molecule is CCOc1cccc(Br)c1CC(Br)C(C)Br. The summed E-state index contributed by atoms with van der Waals surface area (Å²) in [4.78, 5) is 0.819. The van der Waals surface area contributed by atoms with Gasteiger partial charge in [-0.3, -0.25) is 0 Å². The molecule has 0 saturated heterocycles. The maximum absolute atomic E-state index is 5.63. The Morgan fingerprint density at radius 1 is 1.31 bits per heavy atom. The zero-order valence-corrected chi connectivity index (χ0v) is 14.1. The van der Waals surface area contributed by atoms with Gasteiger partial charge >= 0.3 is 0 Å². The average Bonchev–Trinajstić information content (AvgIpc) is 2.23. The lowest BCUT2D eigenvalue weighted by Gasteiger charge is -2.16. The normalized spacial score (nSPS) is 14.6. The van der Waals surface area contributed by atoms with E-state index in [1.165, 1.54) is 5.56 Å². The first-order valence-electron chi connectivity index (χ1n) is 5.24. The van der Waals surface area contributed by atoms with Gasteiger partial charge in [-0.25, -0.2) is 0 Å². The minimum absolute atomic E-state index is 0.394. The summed E-state index contributed by atoms with van der Waals surface area (Å²) in [6, 6.07) is 6.07. The Hall–Kier alpha value is 0.460.